The molecule has 1 aromatic carbocycles. The maximum Gasteiger partial charge on any atom is 0.161 e. The Balaban J connectivity index is 1.81. The van der Waals surface area contributed by atoms with E-state index in [1.807, 2.05) is 11.6 Å². The Morgan fingerprint density at radius 3 is 3.06 bits per heavy atom. The number of amidine groups is 1. The van der Waals surface area contributed by atoms with Crippen LogP contribution >= 0.6 is 23.1 Å². The van der Waals surface area contributed by atoms with Crippen LogP contribution in [0.5, 0.6) is 0 Å². The fourth-order valence-corrected chi connectivity index (χ4v) is 3.67. The van der Waals surface area contributed by atoms with Crippen LogP contribution in [0.15, 0.2) is 28.7 Å². The molecule has 0 aliphatic carbocycles. The third-order valence-electron chi connectivity index (χ3n) is 3.21. The molecule has 1 aliphatic heterocycles. The average Bonchev–Trinajstić information content (AvgIpc) is 2.81. The predicted octanol–water partition coefficient (Wildman–Crippen LogP) is 3.84. The average molecular weight is 277 g/mol. The van der Waals surface area contributed by atoms with Gasteiger partial charge >= 0.3 is 0 Å². The van der Waals surface area contributed by atoms with Crippen LogP contribution in [0.4, 0.5) is 5.69 Å². The van der Waals surface area contributed by atoms with E-state index in [9.17, 15) is 0 Å². The number of benzene rings is 1. The van der Waals surface area contributed by atoms with Crippen molar-refractivity contribution in [1.82, 2.24) is 4.98 Å². The number of rotatable bonds is 1. The van der Waals surface area contributed by atoms with Crippen molar-refractivity contribution in [2.24, 2.45) is 10.9 Å². The molecule has 3 nitrogen and oxygen atoms in total. The van der Waals surface area contributed by atoms with Crippen LogP contribution in [0.2, 0.25) is 0 Å². The van der Waals surface area contributed by atoms with Crippen LogP contribution in [-0.4, -0.2) is 21.9 Å². The molecular weight excluding hydrogens is 262 g/mol. The van der Waals surface area contributed by atoms with Gasteiger partial charge in [0.05, 0.1) is 21.8 Å². The van der Waals surface area contributed by atoms with E-state index in [2.05, 4.69) is 41.3 Å². The van der Waals surface area contributed by atoms with Gasteiger partial charge in [0.25, 0.3) is 0 Å². The van der Waals surface area contributed by atoms with Crippen molar-refractivity contribution in [3.05, 3.63) is 23.7 Å². The molecule has 0 radical (unpaired) electrons. The molecule has 18 heavy (non-hydrogen) atoms. The topological polar surface area (TPSA) is 37.3 Å². The summed E-state index contributed by atoms with van der Waals surface area (Å²) in [5.41, 5.74) is 4.04. The van der Waals surface area contributed by atoms with Gasteiger partial charge in [0.2, 0.25) is 0 Å². The largest absolute Gasteiger partial charge is 0.335 e. The number of thiazole rings is 1. The van der Waals surface area contributed by atoms with Crippen LogP contribution in [0.25, 0.3) is 10.2 Å². The molecule has 0 saturated heterocycles. The Hall–Kier alpha value is -1.07. The van der Waals surface area contributed by atoms with Gasteiger partial charge in [-0.15, -0.1) is 11.3 Å². The second-order valence-corrected chi connectivity index (χ2v) is 6.52. The summed E-state index contributed by atoms with van der Waals surface area (Å²) in [5, 5.41) is 4.44. The van der Waals surface area contributed by atoms with E-state index in [0.29, 0.717) is 12.0 Å². The lowest BCUT2D eigenvalue weighted by Crippen LogP contribution is -2.25. The number of aromatic nitrogens is 1. The molecule has 0 fully saturated rings. The Morgan fingerprint density at radius 2 is 2.22 bits per heavy atom. The van der Waals surface area contributed by atoms with Crippen LogP contribution in [0.3, 0.4) is 0 Å². The van der Waals surface area contributed by atoms with Crippen LogP contribution < -0.4 is 5.32 Å². The summed E-state index contributed by atoms with van der Waals surface area (Å²) in [5.74, 6) is 1.79. The Labute approximate surface area is 115 Å². The number of hydrogen-bond donors (Lipinski definition) is 1. The van der Waals surface area contributed by atoms with E-state index in [1.54, 1.807) is 23.1 Å². The molecule has 2 unspecified atom stereocenters. The highest BCUT2D eigenvalue weighted by atomic mass is 32.2. The summed E-state index contributed by atoms with van der Waals surface area (Å²) in [6.07, 6.45) is 0. The van der Waals surface area contributed by atoms with Crippen molar-refractivity contribution in [3.63, 3.8) is 0 Å². The minimum atomic E-state index is 0.404. The van der Waals surface area contributed by atoms with Gasteiger partial charge in [-0.05, 0) is 31.0 Å². The monoisotopic (exact) mass is 277 g/mol. The standard InChI is InChI=1S/C13H15N3S2/c1-8-6-17-13(15-9(8)2)16-10-3-4-11-12(5-10)18-7-14-11/h3-5,7-9H,6H2,1-2H3,(H,15,16). The molecule has 1 aliphatic rings. The quantitative estimate of drug-likeness (QED) is 0.860. The van der Waals surface area contributed by atoms with Crippen molar-refractivity contribution in [2.45, 2.75) is 19.9 Å². The van der Waals surface area contributed by atoms with Gasteiger partial charge in [0.1, 0.15) is 0 Å². The second-order valence-electron chi connectivity index (χ2n) is 4.62. The summed E-state index contributed by atoms with van der Waals surface area (Å²) < 4.78 is 1.21. The first-order valence-corrected chi connectivity index (χ1v) is 7.90. The van der Waals surface area contributed by atoms with Crippen molar-refractivity contribution in [1.29, 1.82) is 0 Å². The van der Waals surface area contributed by atoms with Gasteiger partial charge in [-0.1, -0.05) is 18.7 Å². The molecule has 1 aromatic heterocycles. The lowest BCUT2D eigenvalue weighted by Gasteiger charge is -2.23. The number of aliphatic imine (C=N–C) groups is 1. The first-order valence-electron chi connectivity index (χ1n) is 6.03. The van der Waals surface area contributed by atoms with E-state index in [-0.39, 0.29) is 0 Å². The zero-order chi connectivity index (χ0) is 12.5. The highest BCUT2D eigenvalue weighted by Gasteiger charge is 2.19. The highest BCUT2D eigenvalue weighted by Crippen LogP contribution is 2.26. The van der Waals surface area contributed by atoms with Crippen molar-refractivity contribution >= 4 is 44.2 Å². The molecule has 0 bridgehead atoms. The lowest BCUT2D eigenvalue weighted by molar-refractivity contribution is 0.537. The zero-order valence-electron chi connectivity index (χ0n) is 10.4. The van der Waals surface area contributed by atoms with E-state index in [1.165, 1.54) is 4.70 Å². The van der Waals surface area contributed by atoms with E-state index in [4.69, 9.17) is 0 Å². The lowest BCUT2D eigenvalue weighted by atomic mass is 10.1. The maximum absolute atomic E-state index is 4.68. The maximum atomic E-state index is 4.68. The van der Waals surface area contributed by atoms with Gasteiger partial charge in [-0.3, -0.25) is 4.99 Å². The van der Waals surface area contributed by atoms with E-state index < -0.39 is 0 Å². The molecular formula is C13H15N3S2. The molecule has 5 heteroatoms. The van der Waals surface area contributed by atoms with Crippen LogP contribution in [-0.2, 0) is 0 Å². The third kappa shape index (κ3) is 2.37. The fourth-order valence-electron chi connectivity index (χ4n) is 1.82. The summed E-state index contributed by atoms with van der Waals surface area (Å²) in [6, 6.07) is 6.65. The van der Waals surface area contributed by atoms with E-state index >= 15 is 0 Å². The van der Waals surface area contributed by atoms with Gasteiger partial charge in [-0.2, -0.15) is 0 Å². The summed E-state index contributed by atoms with van der Waals surface area (Å²) in [6.45, 7) is 4.43. The predicted molar refractivity (Wildman–Crippen MR) is 81.8 cm³/mol. The number of nitrogens with one attached hydrogen (secondary N) is 1. The molecule has 94 valence electrons. The highest BCUT2D eigenvalue weighted by molar-refractivity contribution is 8.14. The summed E-state index contributed by atoms with van der Waals surface area (Å²) in [7, 11) is 0. The molecule has 2 atom stereocenters. The smallest absolute Gasteiger partial charge is 0.161 e. The van der Waals surface area contributed by atoms with Crippen LogP contribution in [0.1, 0.15) is 13.8 Å². The van der Waals surface area contributed by atoms with Crippen molar-refractivity contribution in [2.75, 3.05) is 11.1 Å². The Kier molecular flexibility index (Phi) is 3.26. The SMILES string of the molecule is CC1CSC(Nc2ccc3ncsc3c2)=NC1C. The molecule has 0 amide bonds. The van der Waals surface area contributed by atoms with Gasteiger partial charge in [-0.25, -0.2) is 4.98 Å². The number of nitrogens with zero attached hydrogens (tertiary/aromatic N) is 2. The van der Waals surface area contributed by atoms with Gasteiger partial charge in [0.15, 0.2) is 5.17 Å². The molecule has 0 spiro atoms. The van der Waals surface area contributed by atoms with E-state index in [0.717, 1.165) is 22.1 Å². The number of thioether (sulfide) groups is 1. The first-order chi connectivity index (χ1) is 8.72. The van der Waals surface area contributed by atoms with Gasteiger partial charge < -0.3 is 5.32 Å². The normalized spacial score (nSPS) is 24.0. The molecule has 3 rings (SSSR count). The summed E-state index contributed by atoms with van der Waals surface area (Å²) >= 11 is 3.47. The molecule has 2 heterocycles. The van der Waals surface area contributed by atoms with Crippen LogP contribution in [0, 0.1) is 5.92 Å². The van der Waals surface area contributed by atoms with Crippen molar-refractivity contribution < 1.29 is 0 Å². The fraction of sp³-hybridized carbons (Fsp3) is 0.385. The molecule has 1 N–H and O–H groups in total. The minimum absolute atomic E-state index is 0.404. The number of anilines is 1. The molecule has 2 aromatic rings. The number of fused-ring (bicyclic) bond motifs is 1. The zero-order valence-corrected chi connectivity index (χ0v) is 12.0. The molecule has 0 saturated carbocycles. The van der Waals surface area contributed by atoms with Crippen molar-refractivity contribution in [3.8, 4) is 0 Å². The Morgan fingerprint density at radius 1 is 1.33 bits per heavy atom. The number of hydrogen-bond acceptors (Lipinski definition) is 5. The second kappa shape index (κ2) is 4.90. The third-order valence-corrected chi connectivity index (χ3v) is 5.17. The minimum Gasteiger partial charge on any atom is -0.335 e. The first kappa shape index (κ1) is 12.0. The summed E-state index contributed by atoms with van der Waals surface area (Å²) in [4.78, 5) is 8.97. The Bertz CT molecular complexity index is 591. The van der Waals surface area contributed by atoms with Gasteiger partial charge in [0, 0.05) is 11.4 Å².